The van der Waals surface area contributed by atoms with Gasteiger partial charge in [-0.2, -0.15) is 0 Å². The van der Waals surface area contributed by atoms with E-state index in [9.17, 15) is 14.7 Å². The number of H-pyrrole nitrogens is 1. The molecular weight excluding hydrogens is 651 g/mol. The molecule has 4 atom stereocenters. The van der Waals surface area contributed by atoms with E-state index in [-0.39, 0.29) is 30.6 Å². The molecule has 0 unspecified atom stereocenters. The predicted molar refractivity (Wildman–Crippen MR) is 207 cm³/mol. The molecule has 0 spiro atoms. The summed E-state index contributed by atoms with van der Waals surface area (Å²) in [5.74, 6) is -1.77. The van der Waals surface area contributed by atoms with Crippen LogP contribution in [0.5, 0.6) is 0 Å². The summed E-state index contributed by atoms with van der Waals surface area (Å²) in [5, 5.41) is 18.9. The number of hydrogen-bond acceptors (Lipinski definition) is 6. The second kappa shape index (κ2) is 18.1. The van der Waals surface area contributed by atoms with Gasteiger partial charge in [0.05, 0.1) is 30.9 Å². The molecule has 9 nitrogen and oxygen atoms in total. The first-order valence-electron chi connectivity index (χ1n) is 18.5. The highest BCUT2D eigenvalue weighted by molar-refractivity contribution is 6.00. The van der Waals surface area contributed by atoms with Crippen LogP contribution in [0.3, 0.4) is 0 Å². The van der Waals surface area contributed by atoms with Crippen LogP contribution in [0.1, 0.15) is 63.8 Å². The van der Waals surface area contributed by atoms with Crippen molar-refractivity contribution in [1.29, 1.82) is 0 Å². The van der Waals surface area contributed by atoms with Gasteiger partial charge in [0, 0.05) is 30.8 Å². The summed E-state index contributed by atoms with van der Waals surface area (Å²) in [7, 11) is 0. The minimum atomic E-state index is -1.30. The van der Waals surface area contributed by atoms with Crippen molar-refractivity contribution >= 4 is 39.3 Å². The Kier molecular flexibility index (Phi) is 13.3. The van der Waals surface area contributed by atoms with Crippen molar-refractivity contribution < 1.29 is 19.5 Å². The average Bonchev–Trinajstić information content (AvgIpc) is 3.66. The number of amides is 3. The van der Waals surface area contributed by atoms with Gasteiger partial charge in [0.2, 0.25) is 17.7 Å². The van der Waals surface area contributed by atoms with Gasteiger partial charge in [0.1, 0.15) is 0 Å². The predicted octanol–water partition coefficient (Wildman–Crippen LogP) is 6.37. The number of imidazole rings is 1. The molecule has 0 aliphatic heterocycles. The van der Waals surface area contributed by atoms with Crippen molar-refractivity contribution in [3.63, 3.8) is 0 Å². The number of imide groups is 1. The molecule has 5 rings (SSSR count). The SMILES string of the molecule is CC[C@H](C)CNC(=O)C[C@H](O)[C@H](CC(C)C)N(C(=O)C(Cc1cccc2ccccc12)Cc1cccc2ccccc12)C(=O)[C@@H](N)Cc1cnc[nH]1. The minimum absolute atomic E-state index is 0.00987. The summed E-state index contributed by atoms with van der Waals surface area (Å²) >= 11 is 0. The zero-order chi connectivity index (χ0) is 37.2. The standard InChI is InChI=1S/C43H53N5O4/c1-5-29(4)25-46-41(50)24-40(49)39(20-28(2)3)48(43(52)38(44)23-35-26-45-27-47-35)42(51)34(21-32-16-10-14-30-12-6-8-18-36(30)32)22-33-17-11-15-31-13-7-9-19-37(31)33/h6-19,26-29,34,38-40,49H,5,20-25,44H2,1-4H3,(H,45,47)(H,46,50)/t29-,38-,39-,40-/m0/s1. The van der Waals surface area contributed by atoms with Gasteiger partial charge < -0.3 is 21.1 Å². The summed E-state index contributed by atoms with van der Waals surface area (Å²) in [5.41, 5.74) is 9.23. The maximum atomic E-state index is 15.4. The molecule has 0 aliphatic rings. The second-order valence-electron chi connectivity index (χ2n) is 14.6. The van der Waals surface area contributed by atoms with Crippen molar-refractivity contribution in [2.45, 2.75) is 84.4 Å². The van der Waals surface area contributed by atoms with E-state index in [0.29, 0.717) is 31.5 Å². The molecular formula is C43H53N5O4. The number of aliphatic hydroxyl groups excluding tert-OH is 1. The molecule has 9 heteroatoms. The van der Waals surface area contributed by atoms with Crippen molar-refractivity contribution in [1.82, 2.24) is 20.2 Å². The largest absolute Gasteiger partial charge is 0.390 e. The number of benzene rings is 4. The van der Waals surface area contributed by atoms with Crippen LogP contribution in [0.2, 0.25) is 0 Å². The Morgan fingerprint density at radius 1 is 0.827 bits per heavy atom. The van der Waals surface area contributed by atoms with Crippen molar-refractivity contribution in [3.8, 4) is 0 Å². The summed E-state index contributed by atoms with van der Waals surface area (Å²) in [6.45, 7) is 8.53. The van der Waals surface area contributed by atoms with Gasteiger partial charge in [0.15, 0.2) is 0 Å². The van der Waals surface area contributed by atoms with Crippen molar-refractivity contribution in [2.24, 2.45) is 23.5 Å². The van der Waals surface area contributed by atoms with Crippen LogP contribution >= 0.6 is 0 Å². The fourth-order valence-electron chi connectivity index (χ4n) is 7.00. The van der Waals surface area contributed by atoms with Gasteiger partial charge in [0.25, 0.3) is 0 Å². The number of aromatic nitrogens is 2. The highest BCUT2D eigenvalue weighted by atomic mass is 16.3. The van der Waals surface area contributed by atoms with E-state index < -0.39 is 35.9 Å². The summed E-state index contributed by atoms with van der Waals surface area (Å²) in [4.78, 5) is 51.4. The Balaban J connectivity index is 1.58. The van der Waals surface area contributed by atoms with Crippen LogP contribution < -0.4 is 11.1 Å². The molecule has 5 N–H and O–H groups in total. The molecule has 0 aliphatic carbocycles. The molecule has 4 aromatic carbocycles. The van der Waals surface area contributed by atoms with Gasteiger partial charge in [-0.05, 0) is 63.8 Å². The van der Waals surface area contributed by atoms with E-state index in [1.54, 1.807) is 6.20 Å². The molecule has 0 fully saturated rings. The van der Waals surface area contributed by atoms with Gasteiger partial charge in [-0.25, -0.2) is 4.98 Å². The molecule has 0 bridgehead atoms. The molecule has 1 aromatic heterocycles. The van der Waals surface area contributed by atoms with Crippen LogP contribution in [0.15, 0.2) is 97.5 Å². The van der Waals surface area contributed by atoms with Crippen LogP contribution in [0.25, 0.3) is 21.5 Å². The number of hydrogen-bond donors (Lipinski definition) is 4. The normalized spacial score (nSPS) is 14.0. The maximum Gasteiger partial charge on any atom is 0.246 e. The monoisotopic (exact) mass is 703 g/mol. The van der Waals surface area contributed by atoms with Gasteiger partial charge in [-0.1, -0.05) is 119 Å². The van der Waals surface area contributed by atoms with E-state index in [1.165, 1.54) is 11.2 Å². The number of nitrogens with two attached hydrogens (primary N) is 1. The third-order valence-corrected chi connectivity index (χ3v) is 10.1. The lowest BCUT2D eigenvalue weighted by Crippen LogP contribution is -2.58. The highest BCUT2D eigenvalue weighted by Crippen LogP contribution is 2.30. The van der Waals surface area contributed by atoms with Gasteiger partial charge >= 0.3 is 0 Å². The Hall–Kier alpha value is -4.86. The Labute approximate surface area is 307 Å². The average molecular weight is 704 g/mol. The number of carbonyl (C=O) groups excluding carboxylic acids is 3. The maximum absolute atomic E-state index is 15.4. The summed E-state index contributed by atoms with van der Waals surface area (Å²) in [6, 6.07) is 26.2. The number of rotatable bonds is 17. The fourth-order valence-corrected chi connectivity index (χ4v) is 7.00. The quantitative estimate of drug-likeness (QED) is 0.0887. The zero-order valence-corrected chi connectivity index (χ0v) is 30.8. The second-order valence-corrected chi connectivity index (χ2v) is 14.6. The lowest BCUT2D eigenvalue weighted by molar-refractivity contribution is -0.156. The highest BCUT2D eigenvalue weighted by Gasteiger charge is 2.41. The molecule has 0 radical (unpaired) electrons. The summed E-state index contributed by atoms with van der Waals surface area (Å²) < 4.78 is 0. The minimum Gasteiger partial charge on any atom is -0.390 e. The molecule has 1 heterocycles. The third kappa shape index (κ3) is 9.72. The Bertz CT molecular complexity index is 1850. The van der Waals surface area contributed by atoms with Gasteiger partial charge in [-0.3, -0.25) is 19.3 Å². The molecule has 0 saturated heterocycles. The molecule has 5 aromatic rings. The number of aliphatic hydroxyl groups is 1. The van der Waals surface area contributed by atoms with Crippen LogP contribution in [-0.4, -0.2) is 62.4 Å². The summed E-state index contributed by atoms with van der Waals surface area (Å²) in [6.07, 6.45) is 3.59. The van der Waals surface area contributed by atoms with Crippen molar-refractivity contribution in [2.75, 3.05) is 6.54 Å². The van der Waals surface area contributed by atoms with E-state index >= 15 is 4.79 Å². The van der Waals surface area contributed by atoms with Crippen molar-refractivity contribution in [3.05, 3.63) is 114 Å². The van der Waals surface area contributed by atoms with Crippen LogP contribution in [-0.2, 0) is 33.6 Å². The lowest BCUT2D eigenvalue weighted by atomic mass is 9.86. The van der Waals surface area contributed by atoms with Crippen LogP contribution in [0, 0.1) is 17.8 Å². The van der Waals surface area contributed by atoms with E-state index in [2.05, 4.69) is 34.3 Å². The fraction of sp³-hybridized carbons (Fsp3) is 0.395. The molecule has 3 amide bonds. The number of carbonyl (C=O) groups is 3. The topological polar surface area (TPSA) is 141 Å². The van der Waals surface area contributed by atoms with E-state index in [1.807, 2.05) is 93.6 Å². The van der Waals surface area contributed by atoms with E-state index in [4.69, 9.17) is 5.73 Å². The number of nitrogens with one attached hydrogen (secondary N) is 2. The third-order valence-electron chi connectivity index (χ3n) is 10.1. The number of nitrogens with zero attached hydrogens (tertiary/aromatic N) is 2. The lowest BCUT2D eigenvalue weighted by Gasteiger charge is -2.38. The Morgan fingerprint density at radius 2 is 1.40 bits per heavy atom. The molecule has 0 saturated carbocycles. The smallest absolute Gasteiger partial charge is 0.246 e. The first-order valence-corrected chi connectivity index (χ1v) is 18.5. The first kappa shape index (κ1) is 38.4. The molecule has 52 heavy (non-hydrogen) atoms. The van der Waals surface area contributed by atoms with Crippen LogP contribution in [0.4, 0.5) is 0 Å². The Morgan fingerprint density at radius 3 is 1.94 bits per heavy atom. The number of aromatic amines is 1. The zero-order valence-electron chi connectivity index (χ0n) is 30.8. The van der Waals surface area contributed by atoms with E-state index in [0.717, 1.165) is 39.1 Å². The van der Waals surface area contributed by atoms with Gasteiger partial charge in [-0.15, -0.1) is 0 Å². The number of fused-ring (bicyclic) bond motifs is 2. The first-order chi connectivity index (χ1) is 25.0. The molecule has 274 valence electrons.